The zero-order valence-electron chi connectivity index (χ0n) is 20.2. The SMILES string of the molecule is CCCCCCCC1(C(=O)NC(C)(C)C)COC(C(=O)CNC(=O)OCc2ccccc2)=N1. The molecule has 2 N–H and O–H groups in total. The largest absolute Gasteiger partial charge is 0.472 e. The summed E-state index contributed by atoms with van der Waals surface area (Å²) in [6, 6.07) is 9.24. The summed E-state index contributed by atoms with van der Waals surface area (Å²) in [6.45, 7) is 7.65. The van der Waals surface area contributed by atoms with Crippen LogP contribution >= 0.6 is 0 Å². The number of nitrogens with zero attached hydrogens (tertiary/aromatic N) is 1. The van der Waals surface area contributed by atoms with Gasteiger partial charge in [0, 0.05) is 5.54 Å². The van der Waals surface area contributed by atoms with Gasteiger partial charge in [0.05, 0.1) is 6.54 Å². The highest BCUT2D eigenvalue weighted by Crippen LogP contribution is 2.27. The Labute approximate surface area is 196 Å². The number of hydrogen-bond donors (Lipinski definition) is 2. The zero-order valence-corrected chi connectivity index (χ0v) is 20.2. The van der Waals surface area contributed by atoms with Gasteiger partial charge in [0.1, 0.15) is 13.2 Å². The number of unbranched alkanes of at least 4 members (excludes halogenated alkanes) is 4. The Morgan fingerprint density at radius 2 is 1.79 bits per heavy atom. The standard InChI is InChI=1S/C25H37N3O5/c1-5-6-7-8-12-15-25(22(30)28-24(2,3)4)18-33-21(27-25)20(29)16-26-23(31)32-17-19-13-10-9-11-14-19/h9-11,13-14H,5-8,12,15-18H2,1-4H3,(H,26,31)(H,28,30). The van der Waals surface area contributed by atoms with E-state index in [0.717, 1.165) is 37.7 Å². The summed E-state index contributed by atoms with van der Waals surface area (Å²) >= 11 is 0. The van der Waals surface area contributed by atoms with Crippen LogP contribution in [0.2, 0.25) is 0 Å². The molecule has 1 aromatic rings. The second-order valence-corrected chi connectivity index (χ2v) is 9.44. The maximum absolute atomic E-state index is 13.1. The van der Waals surface area contributed by atoms with Crippen LogP contribution in [0.1, 0.15) is 71.8 Å². The molecule has 182 valence electrons. The zero-order chi connectivity index (χ0) is 24.3. The number of ketones is 1. The minimum Gasteiger partial charge on any atom is -0.472 e. The van der Waals surface area contributed by atoms with Crippen molar-refractivity contribution in [3.63, 3.8) is 0 Å². The first kappa shape index (κ1) is 26.4. The van der Waals surface area contributed by atoms with E-state index >= 15 is 0 Å². The summed E-state index contributed by atoms with van der Waals surface area (Å²) in [7, 11) is 0. The number of benzene rings is 1. The topological polar surface area (TPSA) is 106 Å². The van der Waals surface area contributed by atoms with Gasteiger partial charge < -0.3 is 20.1 Å². The third kappa shape index (κ3) is 8.86. The molecule has 0 aromatic heterocycles. The fourth-order valence-electron chi connectivity index (χ4n) is 3.43. The average Bonchev–Trinajstić information content (AvgIpc) is 3.21. The molecule has 2 amide bonds. The van der Waals surface area contributed by atoms with Gasteiger partial charge in [-0.15, -0.1) is 0 Å². The number of Topliss-reactive ketones (excluding diaryl/α,β-unsaturated/α-hetero) is 1. The number of carbonyl (C=O) groups excluding carboxylic acids is 3. The van der Waals surface area contributed by atoms with Crippen LogP contribution in [0.15, 0.2) is 35.3 Å². The molecule has 33 heavy (non-hydrogen) atoms. The smallest absolute Gasteiger partial charge is 0.407 e. The summed E-state index contributed by atoms with van der Waals surface area (Å²) < 4.78 is 10.7. The van der Waals surface area contributed by atoms with Crippen molar-refractivity contribution in [3.05, 3.63) is 35.9 Å². The van der Waals surface area contributed by atoms with Crippen molar-refractivity contribution in [1.82, 2.24) is 10.6 Å². The molecule has 1 heterocycles. The minimum absolute atomic E-state index is 0.0161. The molecular weight excluding hydrogens is 422 g/mol. The molecule has 0 fully saturated rings. The predicted molar refractivity (Wildman–Crippen MR) is 127 cm³/mol. The van der Waals surface area contributed by atoms with E-state index in [2.05, 4.69) is 22.5 Å². The van der Waals surface area contributed by atoms with E-state index < -0.39 is 23.0 Å². The van der Waals surface area contributed by atoms with Crippen LogP contribution in [0.25, 0.3) is 0 Å². The Morgan fingerprint density at radius 3 is 2.45 bits per heavy atom. The predicted octanol–water partition coefficient (Wildman–Crippen LogP) is 3.92. The van der Waals surface area contributed by atoms with Gasteiger partial charge in [-0.2, -0.15) is 0 Å². The molecule has 2 rings (SSSR count). The maximum atomic E-state index is 13.1. The molecule has 0 saturated heterocycles. The third-order valence-corrected chi connectivity index (χ3v) is 5.21. The number of aliphatic imine (C=N–C) groups is 1. The Bertz CT molecular complexity index is 832. The van der Waals surface area contributed by atoms with Crippen LogP contribution in [-0.4, -0.2) is 47.9 Å². The Kier molecular flexibility index (Phi) is 9.88. The summed E-state index contributed by atoms with van der Waals surface area (Å²) in [6.07, 6.45) is 4.98. The number of hydrogen-bond acceptors (Lipinski definition) is 6. The lowest BCUT2D eigenvalue weighted by Gasteiger charge is -2.29. The van der Waals surface area contributed by atoms with Crippen molar-refractivity contribution < 1.29 is 23.9 Å². The molecule has 1 aliphatic heterocycles. The maximum Gasteiger partial charge on any atom is 0.407 e. The van der Waals surface area contributed by atoms with Crippen LogP contribution < -0.4 is 10.6 Å². The molecule has 0 saturated carbocycles. The number of ether oxygens (including phenoxy) is 2. The normalized spacial score (nSPS) is 17.6. The molecule has 0 radical (unpaired) electrons. The molecule has 0 bridgehead atoms. The Balaban J connectivity index is 1.95. The van der Waals surface area contributed by atoms with Crippen molar-refractivity contribution in [3.8, 4) is 0 Å². The first-order chi connectivity index (χ1) is 15.6. The van der Waals surface area contributed by atoms with Gasteiger partial charge in [0.15, 0.2) is 5.54 Å². The molecule has 1 aromatic carbocycles. The van der Waals surface area contributed by atoms with Gasteiger partial charge in [0.2, 0.25) is 5.78 Å². The van der Waals surface area contributed by atoms with Crippen molar-refractivity contribution in [2.24, 2.45) is 4.99 Å². The van der Waals surface area contributed by atoms with Gasteiger partial charge in [0.25, 0.3) is 11.8 Å². The van der Waals surface area contributed by atoms with E-state index in [-0.39, 0.29) is 31.6 Å². The highest BCUT2D eigenvalue weighted by Gasteiger charge is 2.45. The number of carbonyl (C=O) groups is 3. The van der Waals surface area contributed by atoms with E-state index in [9.17, 15) is 14.4 Å². The molecule has 8 nitrogen and oxygen atoms in total. The van der Waals surface area contributed by atoms with Crippen LogP contribution in [0, 0.1) is 0 Å². The molecule has 0 spiro atoms. The van der Waals surface area contributed by atoms with Crippen molar-refractivity contribution in [2.45, 2.75) is 83.9 Å². The molecule has 1 aliphatic rings. The summed E-state index contributed by atoms with van der Waals surface area (Å²) in [5.41, 5.74) is -0.715. The lowest BCUT2D eigenvalue weighted by Crippen LogP contribution is -2.53. The number of alkyl carbamates (subject to hydrolysis) is 1. The van der Waals surface area contributed by atoms with Gasteiger partial charge in [-0.3, -0.25) is 9.59 Å². The lowest BCUT2D eigenvalue weighted by molar-refractivity contribution is -0.128. The average molecular weight is 460 g/mol. The number of rotatable bonds is 12. The number of nitrogens with one attached hydrogen (secondary N) is 2. The van der Waals surface area contributed by atoms with E-state index in [0.29, 0.717) is 6.42 Å². The highest BCUT2D eigenvalue weighted by molar-refractivity contribution is 6.38. The molecule has 8 heteroatoms. The van der Waals surface area contributed by atoms with Crippen molar-refractivity contribution >= 4 is 23.7 Å². The van der Waals surface area contributed by atoms with Crippen LogP contribution in [0.5, 0.6) is 0 Å². The molecule has 0 aliphatic carbocycles. The van der Waals surface area contributed by atoms with Crippen molar-refractivity contribution in [1.29, 1.82) is 0 Å². The van der Waals surface area contributed by atoms with E-state index in [1.165, 1.54) is 0 Å². The van der Waals surface area contributed by atoms with Gasteiger partial charge in [-0.1, -0.05) is 69.4 Å². The Morgan fingerprint density at radius 1 is 1.09 bits per heavy atom. The van der Waals surface area contributed by atoms with E-state index in [1.807, 2.05) is 51.1 Å². The quantitative estimate of drug-likeness (QED) is 0.461. The van der Waals surface area contributed by atoms with Crippen LogP contribution in [0.3, 0.4) is 0 Å². The van der Waals surface area contributed by atoms with Crippen LogP contribution in [0.4, 0.5) is 4.79 Å². The molecular formula is C25H37N3O5. The van der Waals surface area contributed by atoms with E-state index in [4.69, 9.17) is 9.47 Å². The fraction of sp³-hybridized carbons (Fsp3) is 0.600. The van der Waals surface area contributed by atoms with E-state index in [1.54, 1.807) is 0 Å². The van der Waals surface area contributed by atoms with Gasteiger partial charge >= 0.3 is 6.09 Å². The van der Waals surface area contributed by atoms with Gasteiger partial charge in [-0.25, -0.2) is 9.79 Å². The van der Waals surface area contributed by atoms with Gasteiger partial charge in [-0.05, 0) is 32.8 Å². The first-order valence-corrected chi connectivity index (χ1v) is 11.7. The third-order valence-electron chi connectivity index (χ3n) is 5.21. The molecule has 1 atom stereocenters. The first-order valence-electron chi connectivity index (χ1n) is 11.7. The fourth-order valence-corrected chi connectivity index (χ4v) is 3.43. The summed E-state index contributed by atoms with van der Waals surface area (Å²) in [5, 5.41) is 5.39. The second-order valence-electron chi connectivity index (χ2n) is 9.44. The van der Waals surface area contributed by atoms with Crippen molar-refractivity contribution in [2.75, 3.05) is 13.2 Å². The Hall–Kier alpha value is -2.90. The number of amides is 2. The second kappa shape index (κ2) is 12.4. The highest BCUT2D eigenvalue weighted by atomic mass is 16.5. The summed E-state index contributed by atoms with van der Waals surface area (Å²) in [4.78, 5) is 42.0. The monoisotopic (exact) mass is 459 g/mol. The molecule has 1 unspecified atom stereocenters. The van der Waals surface area contributed by atoms with Crippen LogP contribution in [-0.2, 0) is 25.7 Å². The minimum atomic E-state index is -1.13. The summed E-state index contributed by atoms with van der Waals surface area (Å²) in [5.74, 6) is -0.873. The lowest BCUT2D eigenvalue weighted by atomic mass is 9.91.